The van der Waals surface area contributed by atoms with Crippen LogP contribution >= 0.6 is 0 Å². The SMILES string of the molecule is C=C(C)[C@@H](C)C(=O)c1ccco1. The predicted molar refractivity (Wildman–Crippen MR) is 47.0 cm³/mol. The average Bonchev–Trinajstić information content (AvgIpc) is 2.53. The molecule has 0 saturated heterocycles. The Morgan fingerprint density at radius 3 is 2.75 bits per heavy atom. The second-order valence-corrected chi connectivity index (χ2v) is 2.91. The minimum Gasteiger partial charge on any atom is -0.461 e. The molecule has 1 aromatic heterocycles. The molecule has 0 saturated carbocycles. The highest BCUT2D eigenvalue weighted by atomic mass is 16.3. The second-order valence-electron chi connectivity index (χ2n) is 2.91. The summed E-state index contributed by atoms with van der Waals surface area (Å²) in [6.07, 6.45) is 1.50. The summed E-state index contributed by atoms with van der Waals surface area (Å²) in [7, 11) is 0. The van der Waals surface area contributed by atoms with E-state index in [9.17, 15) is 4.79 Å². The molecule has 1 rings (SSSR count). The van der Waals surface area contributed by atoms with Crippen LogP contribution in [-0.4, -0.2) is 5.78 Å². The summed E-state index contributed by atoms with van der Waals surface area (Å²) >= 11 is 0. The third kappa shape index (κ3) is 1.64. The van der Waals surface area contributed by atoms with Crippen molar-refractivity contribution in [2.45, 2.75) is 13.8 Å². The van der Waals surface area contributed by atoms with Crippen molar-refractivity contribution in [1.82, 2.24) is 0 Å². The minimum atomic E-state index is -0.156. The Labute approximate surface area is 71.9 Å². The molecular formula is C10H12O2. The van der Waals surface area contributed by atoms with Crippen molar-refractivity contribution in [2.75, 3.05) is 0 Å². The van der Waals surface area contributed by atoms with Gasteiger partial charge in [-0.15, -0.1) is 0 Å². The van der Waals surface area contributed by atoms with E-state index < -0.39 is 0 Å². The number of hydrogen-bond donors (Lipinski definition) is 0. The molecule has 0 N–H and O–H groups in total. The van der Waals surface area contributed by atoms with Crippen LogP contribution in [0.2, 0.25) is 0 Å². The van der Waals surface area contributed by atoms with Crippen molar-refractivity contribution in [2.24, 2.45) is 5.92 Å². The maximum absolute atomic E-state index is 11.5. The Balaban J connectivity index is 2.79. The fourth-order valence-electron chi connectivity index (χ4n) is 0.856. The minimum absolute atomic E-state index is 0.00694. The van der Waals surface area contributed by atoms with Gasteiger partial charge in [-0.1, -0.05) is 19.1 Å². The Kier molecular flexibility index (Phi) is 2.48. The topological polar surface area (TPSA) is 30.2 Å². The Hall–Kier alpha value is -1.31. The number of carbonyl (C=O) groups is 1. The van der Waals surface area contributed by atoms with Gasteiger partial charge in [0.1, 0.15) is 0 Å². The van der Waals surface area contributed by atoms with Gasteiger partial charge < -0.3 is 4.42 Å². The maximum atomic E-state index is 11.5. The van der Waals surface area contributed by atoms with Gasteiger partial charge in [-0.05, 0) is 19.1 Å². The number of allylic oxidation sites excluding steroid dienone is 1. The van der Waals surface area contributed by atoms with Gasteiger partial charge >= 0.3 is 0 Å². The van der Waals surface area contributed by atoms with Crippen molar-refractivity contribution in [3.8, 4) is 0 Å². The van der Waals surface area contributed by atoms with Gasteiger partial charge in [-0.3, -0.25) is 4.79 Å². The molecule has 1 atom stereocenters. The molecule has 1 heterocycles. The smallest absolute Gasteiger partial charge is 0.204 e. The van der Waals surface area contributed by atoms with E-state index in [2.05, 4.69) is 6.58 Å². The number of Topliss-reactive ketones (excluding diaryl/α,β-unsaturated/α-hetero) is 1. The lowest BCUT2D eigenvalue weighted by Crippen LogP contribution is -2.10. The molecule has 2 nitrogen and oxygen atoms in total. The van der Waals surface area contributed by atoms with E-state index in [4.69, 9.17) is 4.42 Å². The molecule has 0 spiro atoms. The molecule has 2 heteroatoms. The molecule has 64 valence electrons. The summed E-state index contributed by atoms with van der Waals surface area (Å²) in [6, 6.07) is 3.38. The quantitative estimate of drug-likeness (QED) is 0.508. The van der Waals surface area contributed by atoms with Gasteiger partial charge in [0.15, 0.2) is 5.76 Å². The van der Waals surface area contributed by atoms with Crippen molar-refractivity contribution in [1.29, 1.82) is 0 Å². The van der Waals surface area contributed by atoms with Crippen LogP contribution in [0.25, 0.3) is 0 Å². The predicted octanol–water partition coefficient (Wildman–Crippen LogP) is 2.67. The van der Waals surface area contributed by atoms with Crippen LogP contribution in [0.15, 0.2) is 35.0 Å². The summed E-state index contributed by atoms with van der Waals surface area (Å²) in [5, 5.41) is 0. The van der Waals surface area contributed by atoms with E-state index in [0.717, 1.165) is 5.57 Å². The first-order chi connectivity index (χ1) is 5.63. The largest absolute Gasteiger partial charge is 0.461 e. The molecule has 0 aliphatic carbocycles. The molecule has 0 aromatic carbocycles. The highest BCUT2D eigenvalue weighted by Crippen LogP contribution is 2.14. The number of carbonyl (C=O) groups excluding carboxylic acids is 1. The Morgan fingerprint density at radius 1 is 1.67 bits per heavy atom. The zero-order valence-corrected chi connectivity index (χ0v) is 7.33. The lowest BCUT2D eigenvalue weighted by atomic mass is 9.98. The first-order valence-electron chi connectivity index (χ1n) is 3.86. The third-order valence-corrected chi connectivity index (χ3v) is 1.90. The first kappa shape index (κ1) is 8.78. The van der Waals surface area contributed by atoms with Crippen LogP contribution in [0.1, 0.15) is 24.4 Å². The summed E-state index contributed by atoms with van der Waals surface area (Å²) in [5.41, 5.74) is 0.858. The number of hydrogen-bond acceptors (Lipinski definition) is 2. The highest BCUT2D eigenvalue weighted by molar-refractivity contribution is 5.96. The van der Waals surface area contributed by atoms with Crippen LogP contribution in [0.4, 0.5) is 0 Å². The zero-order valence-electron chi connectivity index (χ0n) is 7.33. The van der Waals surface area contributed by atoms with E-state index in [-0.39, 0.29) is 11.7 Å². The van der Waals surface area contributed by atoms with Crippen LogP contribution in [-0.2, 0) is 0 Å². The summed E-state index contributed by atoms with van der Waals surface area (Å²) in [5.74, 6) is 0.245. The van der Waals surface area contributed by atoms with Gasteiger partial charge in [-0.2, -0.15) is 0 Å². The number of rotatable bonds is 3. The first-order valence-corrected chi connectivity index (χ1v) is 3.86. The molecule has 0 amide bonds. The summed E-state index contributed by atoms with van der Waals surface area (Å²) < 4.78 is 4.98. The summed E-state index contributed by atoms with van der Waals surface area (Å²) in [6.45, 7) is 7.39. The van der Waals surface area contributed by atoms with Gasteiger partial charge in [0.2, 0.25) is 5.78 Å². The van der Waals surface area contributed by atoms with E-state index in [1.165, 1.54) is 6.26 Å². The molecule has 0 radical (unpaired) electrons. The maximum Gasteiger partial charge on any atom is 0.204 e. The molecule has 1 aromatic rings. The Bertz CT molecular complexity index is 283. The number of furan rings is 1. The molecule has 0 aliphatic heterocycles. The van der Waals surface area contributed by atoms with Crippen molar-refractivity contribution in [3.63, 3.8) is 0 Å². The normalized spacial score (nSPS) is 12.5. The van der Waals surface area contributed by atoms with Crippen molar-refractivity contribution in [3.05, 3.63) is 36.3 Å². The van der Waals surface area contributed by atoms with Gasteiger partial charge in [0.25, 0.3) is 0 Å². The van der Waals surface area contributed by atoms with Crippen LogP contribution < -0.4 is 0 Å². The van der Waals surface area contributed by atoms with Crippen LogP contribution in [0.5, 0.6) is 0 Å². The van der Waals surface area contributed by atoms with Crippen molar-refractivity contribution >= 4 is 5.78 Å². The fraction of sp³-hybridized carbons (Fsp3) is 0.300. The van der Waals surface area contributed by atoms with Gasteiger partial charge in [0, 0.05) is 5.92 Å². The van der Waals surface area contributed by atoms with E-state index in [0.29, 0.717) is 5.76 Å². The lowest BCUT2D eigenvalue weighted by Gasteiger charge is -2.06. The summed E-state index contributed by atoms with van der Waals surface area (Å²) in [4.78, 5) is 11.5. The van der Waals surface area contributed by atoms with Crippen molar-refractivity contribution < 1.29 is 9.21 Å². The zero-order chi connectivity index (χ0) is 9.14. The van der Waals surface area contributed by atoms with Gasteiger partial charge in [-0.25, -0.2) is 0 Å². The Morgan fingerprint density at radius 2 is 2.33 bits per heavy atom. The van der Waals surface area contributed by atoms with E-state index >= 15 is 0 Å². The molecule has 12 heavy (non-hydrogen) atoms. The average molecular weight is 164 g/mol. The third-order valence-electron chi connectivity index (χ3n) is 1.90. The molecule has 0 fully saturated rings. The van der Waals surface area contributed by atoms with E-state index in [1.54, 1.807) is 12.1 Å². The molecule has 0 bridgehead atoms. The fourth-order valence-corrected chi connectivity index (χ4v) is 0.856. The van der Waals surface area contributed by atoms with Crippen LogP contribution in [0.3, 0.4) is 0 Å². The standard InChI is InChI=1S/C10H12O2/c1-7(2)8(3)10(11)9-5-4-6-12-9/h4-6,8H,1H2,2-3H3/t8-/m1/s1. The highest BCUT2D eigenvalue weighted by Gasteiger charge is 2.17. The van der Waals surface area contributed by atoms with E-state index in [1.807, 2.05) is 13.8 Å². The van der Waals surface area contributed by atoms with Gasteiger partial charge in [0.05, 0.1) is 6.26 Å². The molecule has 0 aliphatic rings. The second kappa shape index (κ2) is 3.39. The van der Waals surface area contributed by atoms with Crippen LogP contribution in [0, 0.1) is 5.92 Å². The monoisotopic (exact) mass is 164 g/mol. The number of ketones is 1. The molecular weight excluding hydrogens is 152 g/mol. The molecule has 0 unspecified atom stereocenters. The lowest BCUT2D eigenvalue weighted by molar-refractivity contribution is 0.0920.